The van der Waals surface area contributed by atoms with Crippen molar-refractivity contribution in [2.24, 2.45) is 5.41 Å². The molecule has 0 saturated carbocycles. The van der Waals surface area contributed by atoms with Gasteiger partial charge in [-0.3, -0.25) is 4.79 Å². The molecule has 0 unspecified atom stereocenters. The van der Waals surface area contributed by atoms with E-state index in [1.807, 2.05) is 23.1 Å². The van der Waals surface area contributed by atoms with Gasteiger partial charge >= 0.3 is 0 Å². The number of aromatic nitrogens is 1. The highest BCUT2D eigenvalue weighted by atomic mass is 16.5. The van der Waals surface area contributed by atoms with Crippen LogP contribution in [0.4, 0.5) is 0 Å². The van der Waals surface area contributed by atoms with Crippen molar-refractivity contribution in [3.63, 3.8) is 0 Å². The molecule has 5 heteroatoms. The van der Waals surface area contributed by atoms with E-state index in [2.05, 4.69) is 17.1 Å². The second-order valence-corrected chi connectivity index (χ2v) is 7.43. The van der Waals surface area contributed by atoms with Crippen molar-refractivity contribution in [2.45, 2.75) is 37.8 Å². The minimum atomic E-state index is -0.253. The van der Waals surface area contributed by atoms with E-state index in [1.165, 1.54) is 5.56 Å². The zero-order chi connectivity index (χ0) is 18.1. The lowest BCUT2D eigenvalue weighted by Crippen LogP contribution is -2.43. The number of fused-ring (bicyclic) bond motifs is 2. The molecule has 2 fully saturated rings. The van der Waals surface area contributed by atoms with Crippen molar-refractivity contribution in [2.75, 3.05) is 13.7 Å². The highest BCUT2D eigenvalue weighted by Crippen LogP contribution is 2.51. The van der Waals surface area contributed by atoms with Crippen LogP contribution < -0.4 is 4.74 Å². The van der Waals surface area contributed by atoms with Crippen LogP contribution in [0.15, 0.2) is 48.7 Å². The first-order valence-corrected chi connectivity index (χ1v) is 9.14. The number of aliphatic hydroxyl groups excluding tert-OH is 1. The summed E-state index contributed by atoms with van der Waals surface area (Å²) in [6.07, 6.45) is 5.22. The molecule has 2 bridgehead atoms. The van der Waals surface area contributed by atoms with Crippen LogP contribution in [0.3, 0.4) is 0 Å². The zero-order valence-corrected chi connectivity index (χ0v) is 15.0. The van der Waals surface area contributed by atoms with Crippen LogP contribution in [-0.4, -0.2) is 46.7 Å². The van der Waals surface area contributed by atoms with Crippen LogP contribution in [0.1, 0.15) is 35.2 Å². The Labute approximate surface area is 153 Å². The van der Waals surface area contributed by atoms with Crippen molar-refractivity contribution in [3.8, 4) is 5.88 Å². The van der Waals surface area contributed by atoms with Gasteiger partial charge in [0.25, 0.3) is 5.91 Å². The number of carbonyl (C=O) groups is 1. The summed E-state index contributed by atoms with van der Waals surface area (Å²) in [5, 5.41) is 10.3. The average molecular weight is 352 g/mol. The second-order valence-electron chi connectivity index (χ2n) is 7.43. The van der Waals surface area contributed by atoms with Gasteiger partial charge in [0.05, 0.1) is 13.7 Å². The number of hydrogen-bond donors (Lipinski definition) is 1. The van der Waals surface area contributed by atoms with Gasteiger partial charge in [-0.2, -0.15) is 0 Å². The van der Waals surface area contributed by atoms with Gasteiger partial charge < -0.3 is 14.7 Å². The normalized spacial score (nSPS) is 26.9. The van der Waals surface area contributed by atoms with Crippen molar-refractivity contribution < 1.29 is 14.6 Å². The van der Waals surface area contributed by atoms with E-state index in [9.17, 15) is 9.90 Å². The smallest absolute Gasteiger partial charge is 0.254 e. The largest absolute Gasteiger partial charge is 0.481 e. The number of carbonyl (C=O) groups excluding carboxylic acids is 1. The first kappa shape index (κ1) is 17.0. The number of pyridine rings is 1. The molecule has 2 aliphatic heterocycles. The maximum Gasteiger partial charge on any atom is 0.254 e. The summed E-state index contributed by atoms with van der Waals surface area (Å²) in [6, 6.07) is 14.0. The molecule has 26 heavy (non-hydrogen) atoms. The summed E-state index contributed by atoms with van der Waals surface area (Å²) >= 11 is 0. The van der Waals surface area contributed by atoms with Crippen LogP contribution in [0, 0.1) is 5.41 Å². The van der Waals surface area contributed by atoms with Crippen molar-refractivity contribution >= 4 is 5.91 Å². The minimum Gasteiger partial charge on any atom is -0.481 e. The van der Waals surface area contributed by atoms with Crippen molar-refractivity contribution in [1.29, 1.82) is 0 Å². The van der Waals surface area contributed by atoms with Gasteiger partial charge in [-0.05, 0) is 37.3 Å². The molecule has 0 aliphatic carbocycles. The summed E-state index contributed by atoms with van der Waals surface area (Å²) in [4.78, 5) is 19.3. The number of rotatable bonds is 5. The number of hydrogen-bond acceptors (Lipinski definition) is 4. The molecule has 0 spiro atoms. The first-order chi connectivity index (χ1) is 12.7. The SMILES string of the molecule is COc1cc(C(=O)N2[C@H]3CC[C@@H]2[C@@](CO)(Cc2ccccc2)C3)ccn1. The van der Waals surface area contributed by atoms with Gasteiger partial charge in [-0.1, -0.05) is 30.3 Å². The molecule has 1 aromatic carbocycles. The molecular weight excluding hydrogens is 328 g/mol. The predicted octanol–water partition coefficient (Wildman–Crippen LogP) is 2.69. The molecular formula is C21H24N2O3. The van der Waals surface area contributed by atoms with Crippen LogP contribution >= 0.6 is 0 Å². The average Bonchev–Trinajstić information content (AvgIpc) is 3.24. The third-order valence-electron chi connectivity index (χ3n) is 5.99. The summed E-state index contributed by atoms with van der Waals surface area (Å²) in [6.45, 7) is 0.104. The molecule has 4 rings (SSSR count). The quantitative estimate of drug-likeness (QED) is 0.899. The second kappa shape index (κ2) is 6.72. The van der Waals surface area contributed by atoms with E-state index in [0.717, 1.165) is 25.7 Å². The highest BCUT2D eigenvalue weighted by Gasteiger charge is 2.57. The predicted molar refractivity (Wildman–Crippen MR) is 98.1 cm³/mol. The van der Waals surface area contributed by atoms with Crippen LogP contribution in [0.2, 0.25) is 0 Å². The molecule has 0 radical (unpaired) electrons. The third-order valence-corrected chi connectivity index (χ3v) is 5.99. The number of amides is 1. The van der Waals surface area contributed by atoms with Gasteiger partial charge in [-0.15, -0.1) is 0 Å². The summed E-state index contributed by atoms with van der Waals surface area (Å²) < 4.78 is 5.16. The summed E-state index contributed by atoms with van der Waals surface area (Å²) in [7, 11) is 1.55. The molecule has 5 nitrogen and oxygen atoms in total. The first-order valence-electron chi connectivity index (χ1n) is 9.14. The number of nitrogens with zero attached hydrogens (tertiary/aromatic N) is 2. The van der Waals surface area contributed by atoms with Gasteiger partial charge in [0.15, 0.2) is 0 Å². The van der Waals surface area contributed by atoms with Crippen molar-refractivity contribution in [3.05, 3.63) is 59.8 Å². The number of aliphatic hydroxyl groups is 1. The third kappa shape index (κ3) is 2.76. The molecule has 1 aromatic heterocycles. The number of benzene rings is 1. The Morgan fingerprint density at radius 2 is 2.12 bits per heavy atom. The van der Waals surface area contributed by atoms with E-state index in [-0.39, 0.29) is 30.0 Å². The molecule has 2 aromatic rings. The lowest BCUT2D eigenvalue weighted by Gasteiger charge is -2.36. The number of methoxy groups -OCH3 is 1. The lowest BCUT2D eigenvalue weighted by atomic mass is 9.70. The fourth-order valence-corrected chi connectivity index (χ4v) is 4.82. The molecule has 2 saturated heterocycles. The Hall–Kier alpha value is -2.40. The fraction of sp³-hybridized carbons (Fsp3) is 0.429. The zero-order valence-electron chi connectivity index (χ0n) is 15.0. The van der Waals surface area contributed by atoms with Crippen molar-refractivity contribution in [1.82, 2.24) is 9.88 Å². The Bertz CT molecular complexity index is 795. The maximum absolute atomic E-state index is 13.2. The Morgan fingerprint density at radius 3 is 2.85 bits per heavy atom. The molecule has 3 heterocycles. The van der Waals surface area contributed by atoms with E-state index in [1.54, 1.807) is 25.4 Å². The lowest BCUT2D eigenvalue weighted by molar-refractivity contribution is 0.0571. The van der Waals surface area contributed by atoms with Gasteiger partial charge in [0, 0.05) is 35.3 Å². The molecule has 2 aliphatic rings. The number of ether oxygens (including phenoxy) is 1. The standard InChI is InChI=1S/C21H24N2O3/c1-26-19-11-16(9-10-22-19)20(25)23-17-7-8-18(23)21(13-17,14-24)12-15-5-3-2-4-6-15/h2-6,9-11,17-18,24H,7-8,12-14H2,1H3/t17-,18+,21-/m0/s1. The molecule has 1 amide bonds. The highest BCUT2D eigenvalue weighted by molar-refractivity contribution is 5.95. The minimum absolute atomic E-state index is 0.0154. The monoisotopic (exact) mass is 352 g/mol. The van der Waals surface area contributed by atoms with E-state index < -0.39 is 0 Å². The molecule has 1 N–H and O–H groups in total. The Kier molecular flexibility index (Phi) is 4.41. The Morgan fingerprint density at radius 1 is 1.31 bits per heavy atom. The molecule has 136 valence electrons. The van der Waals surface area contributed by atoms with Crippen LogP contribution in [0.25, 0.3) is 0 Å². The topological polar surface area (TPSA) is 62.7 Å². The van der Waals surface area contributed by atoms with Gasteiger partial charge in [0.2, 0.25) is 5.88 Å². The van der Waals surface area contributed by atoms with Gasteiger partial charge in [-0.25, -0.2) is 4.98 Å². The van der Waals surface area contributed by atoms with E-state index in [4.69, 9.17) is 4.74 Å². The molecule has 3 atom stereocenters. The maximum atomic E-state index is 13.2. The van der Waals surface area contributed by atoms with E-state index in [0.29, 0.717) is 11.4 Å². The van der Waals surface area contributed by atoms with Gasteiger partial charge in [0.1, 0.15) is 0 Å². The Balaban J connectivity index is 1.62. The summed E-state index contributed by atoms with van der Waals surface area (Å²) in [5.74, 6) is 0.460. The fourth-order valence-electron chi connectivity index (χ4n) is 4.82. The van der Waals surface area contributed by atoms with E-state index >= 15 is 0 Å². The van der Waals surface area contributed by atoms with Crippen LogP contribution in [0.5, 0.6) is 5.88 Å². The van der Waals surface area contributed by atoms with Crippen LogP contribution in [-0.2, 0) is 6.42 Å². The summed E-state index contributed by atoms with van der Waals surface area (Å²) in [5.41, 5.74) is 1.56.